The van der Waals surface area contributed by atoms with E-state index >= 15 is 0 Å². The predicted molar refractivity (Wildman–Crippen MR) is 79.4 cm³/mol. The average molecular weight is 281 g/mol. The first-order valence-electron chi connectivity index (χ1n) is 5.57. The number of rotatable bonds is 3. The van der Waals surface area contributed by atoms with E-state index < -0.39 is 0 Å². The molecule has 2 aromatic rings. The Bertz CT molecular complexity index is 555. The highest BCUT2D eigenvalue weighted by molar-refractivity contribution is 6.42. The number of nitrogens with zero attached hydrogens (tertiary/aromatic N) is 1. The molecule has 0 aliphatic rings. The van der Waals surface area contributed by atoms with E-state index in [4.69, 9.17) is 28.9 Å². The second-order valence-corrected chi connectivity index (χ2v) is 5.01. The molecule has 0 heterocycles. The van der Waals surface area contributed by atoms with E-state index in [-0.39, 0.29) is 0 Å². The van der Waals surface area contributed by atoms with Crippen molar-refractivity contribution < 1.29 is 0 Å². The standard InChI is InChI=1S/C14H14Cl2N2/c1-18(12-4-2-3-11(17)8-12)9-10-5-6-13(15)14(16)7-10/h2-8H,9,17H2,1H3. The predicted octanol–water partition coefficient (Wildman–Crippen LogP) is 4.21. The molecule has 2 aromatic carbocycles. The van der Waals surface area contributed by atoms with E-state index in [1.807, 2.05) is 49.5 Å². The Labute approximate surface area is 117 Å². The summed E-state index contributed by atoms with van der Waals surface area (Å²) < 4.78 is 0. The van der Waals surface area contributed by atoms with Gasteiger partial charge in [-0.05, 0) is 35.9 Å². The molecule has 0 aromatic heterocycles. The highest BCUT2D eigenvalue weighted by Crippen LogP contribution is 2.24. The monoisotopic (exact) mass is 280 g/mol. The lowest BCUT2D eigenvalue weighted by Crippen LogP contribution is -2.16. The normalized spacial score (nSPS) is 10.4. The van der Waals surface area contributed by atoms with Crippen molar-refractivity contribution in [3.8, 4) is 0 Å². The van der Waals surface area contributed by atoms with E-state index in [1.165, 1.54) is 0 Å². The lowest BCUT2D eigenvalue weighted by Gasteiger charge is -2.20. The average Bonchev–Trinajstić information content (AvgIpc) is 2.34. The van der Waals surface area contributed by atoms with Crippen molar-refractivity contribution in [1.29, 1.82) is 0 Å². The van der Waals surface area contributed by atoms with Crippen LogP contribution in [0.1, 0.15) is 5.56 Å². The summed E-state index contributed by atoms with van der Waals surface area (Å²) in [4.78, 5) is 2.11. The lowest BCUT2D eigenvalue weighted by molar-refractivity contribution is 0.923. The third kappa shape index (κ3) is 3.09. The Morgan fingerprint density at radius 1 is 1.06 bits per heavy atom. The van der Waals surface area contributed by atoms with Gasteiger partial charge in [0.05, 0.1) is 10.0 Å². The van der Waals surface area contributed by atoms with Crippen molar-refractivity contribution in [3.05, 3.63) is 58.1 Å². The fraction of sp³-hybridized carbons (Fsp3) is 0.143. The molecule has 2 nitrogen and oxygen atoms in total. The van der Waals surface area contributed by atoms with Crippen LogP contribution in [0.2, 0.25) is 10.0 Å². The summed E-state index contributed by atoms with van der Waals surface area (Å²) in [6.45, 7) is 0.750. The van der Waals surface area contributed by atoms with Gasteiger partial charge in [-0.15, -0.1) is 0 Å². The largest absolute Gasteiger partial charge is 0.399 e. The molecule has 2 N–H and O–H groups in total. The smallest absolute Gasteiger partial charge is 0.0595 e. The lowest BCUT2D eigenvalue weighted by atomic mass is 10.2. The zero-order valence-corrected chi connectivity index (χ0v) is 11.5. The van der Waals surface area contributed by atoms with E-state index in [2.05, 4.69) is 4.90 Å². The molecular weight excluding hydrogens is 267 g/mol. The van der Waals surface area contributed by atoms with Crippen LogP contribution in [0.5, 0.6) is 0 Å². The van der Waals surface area contributed by atoms with Gasteiger partial charge >= 0.3 is 0 Å². The Hall–Kier alpha value is -1.38. The zero-order chi connectivity index (χ0) is 13.1. The summed E-state index contributed by atoms with van der Waals surface area (Å²) in [6, 6.07) is 13.4. The Kier molecular flexibility index (Phi) is 4.00. The van der Waals surface area contributed by atoms with Crippen LogP contribution >= 0.6 is 23.2 Å². The van der Waals surface area contributed by atoms with Crippen LogP contribution in [0, 0.1) is 0 Å². The SMILES string of the molecule is CN(Cc1ccc(Cl)c(Cl)c1)c1cccc(N)c1. The third-order valence-electron chi connectivity index (χ3n) is 2.71. The van der Waals surface area contributed by atoms with Crippen molar-refractivity contribution in [2.75, 3.05) is 17.7 Å². The van der Waals surface area contributed by atoms with Gasteiger partial charge in [0.2, 0.25) is 0 Å². The molecule has 0 radical (unpaired) electrons. The van der Waals surface area contributed by atoms with Gasteiger partial charge in [0, 0.05) is 25.0 Å². The van der Waals surface area contributed by atoms with Gasteiger partial charge in [-0.25, -0.2) is 0 Å². The molecular formula is C14H14Cl2N2. The molecule has 0 unspecified atom stereocenters. The number of hydrogen-bond acceptors (Lipinski definition) is 2. The van der Waals surface area contributed by atoms with Gasteiger partial charge in [0.15, 0.2) is 0 Å². The molecule has 0 saturated carbocycles. The minimum absolute atomic E-state index is 0.576. The molecule has 0 amide bonds. The van der Waals surface area contributed by atoms with Crippen LogP contribution in [-0.4, -0.2) is 7.05 Å². The van der Waals surface area contributed by atoms with Crippen molar-refractivity contribution in [1.82, 2.24) is 0 Å². The summed E-state index contributed by atoms with van der Waals surface area (Å²) in [5, 5.41) is 1.15. The molecule has 94 valence electrons. The van der Waals surface area contributed by atoms with Crippen LogP contribution in [0.3, 0.4) is 0 Å². The first-order valence-corrected chi connectivity index (χ1v) is 6.32. The fourth-order valence-corrected chi connectivity index (χ4v) is 2.09. The maximum absolute atomic E-state index is 6.00. The Morgan fingerprint density at radius 2 is 1.83 bits per heavy atom. The van der Waals surface area contributed by atoms with Crippen LogP contribution in [0.4, 0.5) is 11.4 Å². The first kappa shape index (κ1) is 13.1. The quantitative estimate of drug-likeness (QED) is 0.854. The van der Waals surface area contributed by atoms with E-state index in [1.54, 1.807) is 0 Å². The van der Waals surface area contributed by atoms with Crippen molar-refractivity contribution in [2.45, 2.75) is 6.54 Å². The number of hydrogen-bond donors (Lipinski definition) is 1. The topological polar surface area (TPSA) is 29.3 Å². The summed E-state index contributed by atoms with van der Waals surface area (Å²) in [6.07, 6.45) is 0. The second kappa shape index (κ2) is 5.51. The van der Waals surface area contributed by atoms with Crippen molar-refractivity contribution >= 4 is 34.6 Å². The molecule has 0 aliphatic heterocycles. The fourth-order valence-electron chi connectivity index (χ4n) is 1.77. The van der Waals surface area contributed by atoms with Gasteiger partial charge < -0.3 is 10.6 Å². The summed E-state index contributed by atoms with van der Waals surface area (Å²) in [7, 11) is 2.01. The Balaban J connectivity index is 2.16. The molecule has 0 fully saturated rings. The number of nitrogen functional groups attached to an aromatic ring is 1. The number of anilines is 2. The van der Waals surface area contributed by atoms with Crippen molar-refractivity contribution in [2.24, 2.45) is 0 Å². The number of benzene rings is 2. The minimum atomic E-state index is 0.576. The number of nitrogens with two attached hydrogens (primary N) is 1. The maximum atomic E-state index is 6.00. The molecule has 0 bridgehead atoms. The molecule has 18 heavy (non-hydrogen) atoms. The van der Waals surface area contributed by atoms with Gasteiger partial charge in [0.1, 0.15) is 0 Å². The minimum Gasteiger partial charge on any atom is -0.399 e. The molecule has 4 heteroatoms. The molecule has 0 aliphatic carbocycles. The second-order valence-electron chi connectivity index (χ2n) is 4.20. The molecule has 2 rings (SSSR count). The van der Waals surface area contributed by atoms with Crippen LogP contribution in [0.25, 0.3) is 0 Å². The van der Waals surface area contributed by atoms with E-state index in [9.17, 15) is 0 Å². The highest BCUT2D eigenvalue weighted by Gasteiger charge is 2.04. The van der Waals surface area contributed by atoms with Gasteiger partial charge in [-0.3, -0.25) is 0 Å². The van der Waals surface area contributed by atoms with Crippen LogP contribution in [0.15, 0.2) is 42.5 Å². The zero-order valence-electron chi connectivity index (χ0n) is 10.0. The van der Waals surface area contributed by atoms with Crippen LogP contribution < -0.4 is 10.6 Å². The number of halogens is 2. The molecule has 0 saturated heterocycles. The van der Waals surface area contributed by atoms with Gasteiger partial charge in [0.25, 0.3) is 0 Å². The van der Waals surface area contributed by atoms with E-state index in [0.717, 1.165) is 23.5 Å². The molecule has 0 spiro atoms. The maximum Gasteiger partial charge on any atom is 0.0595 e. The van der Waals surface area contributed by atoms with Crippen LogP contribution in [-0.2, 0) is 6.54 Å². The third-order valence-corrected chi connectivity index (χ3v) is 3.45. The van der Waals surface area contributed by atoms with Gasteiger partial charge in [-0.1, -0.05) is 35.3 Å². The summed E-state index contributed by atoms with van der Waals surface area (Å²) in [5.74, 6) is 0. The van der Waals surface area contributed by atoms with E-state index in [0.29, 0.717) is 10.0 Å². The summed E-state index contributed by atoms with van der Waals surface area (Å²) in [5.41, 5.74) is 8.70. The van der Waals surface area contributed by atoms with Crippen molar-refractivity contribution in [3.63, 3.8) is 0 Å². The molecule has 0 atom stereocenters. The van der Waals surface area contributed by atoms with Gasteiger partial charge in [-0.2, -0.15) is 0 Å². The summed E-state index contributed by atoms with van der Waals surface area (Å²) >= 11 is 11.9. The first-order chi connectivity index (χ1) is 8.56. The highest BCUT2D eigenvalue weighted by atomic mass is 35.5. The Morgan fingerprint density at radius 3 is 2.50 bits per heavy atom.